The summed E-state index contributed by atoms with van der Waals surface area (Å²) >= 11 is 6.03. The zero-order valence-corrected chi connectivity index (χ0v) is 11.7. The standard InChI is InChI=1S/C17H14ClFO/c18-16-8-6-13(19)9-12(16)10-17(20)15-7-5-11-3-1-2-4-14(11)15/h1-4,6,8-9,15H,5,7,10H2. The average molecular weight is 289 g/mol. The summed E-state index contributed by atoms with van der Waals surface area (Å²) in [6, 6.07) is 12.2. The van der Waals surface area contributed by atoms with Crippen LogP contribution in [0.1, 0.15) is 29.0 Å². The number of Topliss-reactive ketones (excluding diaryl/α,β-unsaturated/α-hetero) is 1. The van der Waals surface area contributed by atoms with Gasteiger partial charge in [-0.15, -0.1) is 0 Å². The molecule has 0 heterocycles. The first-order valence-corrected chi connectivity index (χ1v) is 7.07. The summed E-state index contributed by atoms with van der Waals surface area (Å²) in [6.45, 7) is 0. The summed E-state index contributed by atoms with van der Waals surface area (Å²) in [4.78, 5) is 12.5. The summed E-state index contributed by atoms with van der Waals surface area (Å²) in [6.07, 6.45) is 1.96. The number of hydrogen-bond acceptors (Lipinski definition) is 1. The highest BCUT2D eigenvalue weighted by atomic mass is 35.5. The van der Waals surface area contributed by atoms with Crippen molar-refractivity contribution in [2.24, 2.45) is 0 Å². The van der Waals surface area contributed by atoms with Gasteiger partial charge in [0.2, 0.25) is 0 Å². The third kappa shape index (κ3) is 2.48. The molecule has 2 aromatic rings. The lowest BCUT2D eigenvalue weighted by atomic mass is 9.92. The number of ketones is 1. The molecule has 1 aliphatic rings. The van der Waals surface area contributed by atoms with E-state index in [-0.39, 0.29) is 23.9 Å². The maximum Gasteiger partial charge on any atom is 0.144 e. The van der Waals surface area contributed by atoms with Crippen LogP contribution in [-0.2, 0) is 17.6 Å². The Morgan fingerprint density at radius 2 is 2.05 bits per heavy atom. The molecule has 0 aromatic heterocycles. The minimum atomic E-state index is -0.357. The predicted molar refractivity (Wildman–Crippen MR) is 77.6 cm³/mol. The molecule has 1 atom stereocenters. The normalized spacial score (nSPS) is 17.0. The fourth-order valence-electron chi connectivity index (χ4n) is 2.88. The highest BCUT2D eigenvalue weighted by molar-refractivity contribution is 6.31. The first-order chi connectivity index (χ1) is 9.65. The first kappa shape index (κ1) is 13.3. The van der Waals surface area contributed by atoms with Gasteiger partial charge in [-0.3, -0.25) is 4.79 Å². The van der Waals surface area contributed by atoms with Crippen molar-refractivity contribution in [3.63, 3.8) is 0 Å². The molecule has 1 aliphatic carbocycles. The first-order valence-electron chi connectivity index (χ1n) is 6.69. The van der Waals surface area contributed by atoms with E-state index in [1.807, 2.05) is 18.2 Å². The van der Waals surface area contributed by atoms with Crippen molar-refractivity contribution in [1.29, 1.82) is 0 Å². The Bertz CT molecular complexity index is 666. The molecule has 102 valence electrons. The Labute approximate surface area is 122 Å². The fourth-order valence-corrected chi connectivity index (χ4v) is 3.07. The third-order valence-electron chi connectivity index (χ3n) is 3.89. The molecule has 0 saturated heterocycles. The molecule has 0 fully saturated rings. The number of aryl methyl sites for hydroxylation is 1. The van der Waals surface area contributed by atoms with Gasteiger partial charge in [-0.2, -0.15) is 0 Å². The highest BCUT2D eigenvalue weighted by Crippen LogP contribution is 2.34. The Hall–Kier alpha value is -1.67. The van der Waals surface area contributed by atoms with Crippen LogP contribution in [-0.4, -0.2) is 5.78 Å². The van der Waals surface area contributed by atoms with E-state index in [2.05, 4.69) is 6.07 Å². The maximum absolute atomic E-state index is 13.2. The van der Waals surface area contributed by atoms with Gasteiger partial charge in [0.1, 0.15) is 11.6 Å². The van der Waals surface area contributed by atoms with E-state index in [1.165, 1.54) is 23.8 Å². The molecule has 1 unspecified atom stereocenters. The van der Waals surface area contributed by atoms with Crippen LogP contribution in [0.25, 0.3) is 0 Å². The number of rotatable bonds is 3. The lowest BCUT2D eigenvalue weighted by molar-refractivity contribution is -0.119. The van der Waals surface area contributed by atoms with Crippen molar-refractivity contribution in [2.45, 2.75) is 25.2 Å². The van der Waals surface area contributed by atoms with Crippen molar-refractivity contribution in [3.8, 4) is 0 Å². The molecule has 20 heavy (non-hydrogen) atoms. The van der Waals surface area contributed by atoms with Gasteiger partial charge in [0.15, 0.2) is 0 Å². The summed E-state index contributed by atoms with van der Waals surface area (Å²) in [5, 5.41) is 0.450. The summed E-state index contributed by atoms with van der Waals surface area (Å²) < 4.78 is 13.2. The van der Waals surface area contributed by atoms with Gasteiger partial charge < -0.3 is 0 Å². The highest BCUT2D eigenvalue weighted by Gasteiger charge is 2.28. The van der Waals surface area contributed by atoms with Gasteiger partial charge >= 0.3 is 0 Å². The number of fused-ring (bicyclic) bond motifs is 1. The second kappa shape index (κ2) is 5.37. The number of carbonyl (C=O) groups is 1. The SMILES string of the molecule is O=C(Cc1cc(F)ccc1Cl)C1CCc2ccccc21. The van der Waals surface area contributed by atoms with Crippen LogP contribution < -0.4 is 0 Å². The number of benzene rings is 2. The van der Waals surface area contributed by atoms with E-state index < -0.39 is 0 Å². The van der Waals surface area contributed by atoms with Crippen molar-refractivity contribution in [1.82, 2.24) is 0 Å². The number of halogens is 2. The van der Waals surface area contributed by atoms with Gasteiger partial charge in [0, 0.05) is 17.4 Å². The molecule has 3 heteroatoms. The fraction of sp³-hybridized carbons (Fsp3) is 0.235. The van der Waals surface area contributed by atoms with Crippen molar-refractivity contribution in [2.75, 3.05) is 0 Å². The average Bonchev–Trinajstić information content (AvgIpc) is 2.87. The van der Waals surface area contributed by atoms with E-state index in [0.717, 1.165) is 18.4 Å². The molecule has 2 aromatic carbocycles. The van der Waals surface area contributed by atoms with Crippen LogP contribution in [0.5, 0.6) is 0 Å². The van der Waals surface area contributed by atoms with Crippen molar-refractivity contribution < 1.29 is 9.18 Å². The monoisotopic (exact) mass is 288 g/mol. The second-order valence-electron chi connectivity index (χ2n) is 5.17. The van der Waals surface area contributed by atoms with Gasteiger partial charge in [-0.1, -0.05) is 35.9 Å². The van der Waals surface area contributed by atoms with Gasteiger partial charge in [0.25, 0.3) is 0 Å². The lowest BCUT2D eigenvalue weighted by Crippen LogP contribution is -2.13. The quantitative estimate of drug-likeness (QED) is 0.822. The lowest BCUT2D eigenvalue weighted by Gasteiger charge is -2.11. The Morgan fingerprint density at radius 1 is 1.25 bits per heavy atom. The van der Waals surface area contributed by atoms with Crippen LogP contribution in [0.4, 0.5) is 4.39 Å². The molecule has 0 radical (unpaired) electrons. The zero-order valence-electron chi connectivity index (χ0n) is 10.9. The maximum atomic E-state index is 13.2. The largest absolute Gasteiger partial charge is 0.299 e. The zero-order chi connectivity index (χ0) is 14.1. The Balaban J connectivity index is 1.83. The minimum absolute atomic E-state index is 0.0782. The predicted octanol–water partition coefficient (Wildman–Crippen LogP) is 4.32. The van der Waals surface area contributed by atoms with E-state index in [0.29, 0.717) is 10.6 Å². The van der Waals surface area contributed by atoms with Crippen LogP contribution in [0.3, 0.4) is 0 Å². The molecule has 1 nitrogen and oxygen atoms in total. The summed E-state index contributed by atoms with van der Waals surface area (Å²) in [5.74, 6) is -0.322. The van der Waals surface area contributed by atoms with E-state index in [9.17, 15) is 9.18 Å². The topological polar surface area (TPSA) is 17.1 Å². The molecule has 3 rings (SSSR count). The third-order valence-corrected chi connectivity index (χ3v) is 4.26. The van der Waals surface area contributed by atoms with E-state index >= 15 is 0 Å². The molecule has 0 spiro atoms. The Kier molecular flexibility index (Phi) is 3.58. The summed E-state index contributed by atoms with van der Waals surface area (Å²) in [7, 11) is 0. The smallest absolute Gasteiger partial charge is 0.144 e. The molecule has 0 aliphatic heterocycles. The van der Waals surface area contributed by atoms with Crippen LogP contribution in [0.15, 0.2) is 42.5 Å². The second-order valence-corrected chi connectivity index (χ2v) is 5.58. The molecule has 0 bridgehead atoms. The summed E-state index contributed by atoms with van der Waals surface area (Å²) in [5.41, 5.74) is 2.93. The van der Waals surface area contributed by atoms with Crippen LogP contribution in [0, 0.1) is 5.82 Å². The van der Waals surface area contributed by atoms with Crippen LogP contribution in [0.2, 0.25) is 5.02 Å². The van der Waals surface area contributed by atoms with E-state index in [4.69, 9.17) is 11.6 Å². The molecule has 0 saturated carbocycles. The molecular weight excluding hydrogens is 275 g/mol. The molecule has 0 N–H and O–H groups in total. The van der Waals surface area contributed by atoms with Gasteiger partial charge in [-0.25, -0.2) is 4.39 Å². The molecule has 0 amide bonds. The minimum Gasteiger partial charge on any atom is -0.299 e. The van der Waals surface area contributed by atoms with Crippen molar-refractivity contribution >= 4 is 17.4 Å². The van der Waals surface area contributed by atoms with Gasteiger partial charge in [0.05, 0.1) is 0 Å². The Morgan fingerprint density at radius 3 is 2.90 bits per heavy atom. The molecular formula is C17H14ClFO. The number of carbonyl (C=O) groups excluding carboxylic acids is 1. The number of hydrogen-bond donors (Lipinski definition) is 0. The van der Waals surface area contributed by atoms with Crippen molar-refractivity contribution in [3.05, 3.63) is 70.0 Å². The van der Waals surface area contributed by atoms with Gasteiger partial charge in [-0.05, 0) is 47.7 Å². The van der Waals surface area contributed by atoms with E-state index in [1.54, 1.807) is 0 Å². The van der Waals surface area contributed by atoms with Crippen LogP contribution >= 0.6 is 11.6 Å².